The summed E-state index contributed by atoms with van der Waals surface area (Å²) < 4.78 is 2.38. The molecule has 19 heavy (non-hydrogen) atoms. The van der Waals surface area contributed by atoms with Crippen molar-refractivity contribution in [2.45, 2.75) is 53.8 Å². The molecule has 0 saturated heterocycles. The second-order valence-corrected chi connectivity index (χ2v) is 6.05. The molecule has 0 amide bonds. The van der Waals surface area contributed by atoms with E-state index in [4.69, 9.17) is 0 Å². The number of aryl methyl sites for hydroxylation is 1. The van der Waals surface area contributed by atoms with Gasteiger partial charge in [-0.25, -0.2) is 0 Å². The van der Waals surface area contributed by atoms with E-state index in [0.717, 1.165) is 19.6 Å². The molecule has 1 rings (SSSR count). The average molecular weight is 265 g/mol. The monoisotopic (exact) mass is 265 g/mol. The Hall–Kier alpha value is -0.800. The molecule has 110 valence electrons. The SMILES string of the molecule is CCn1c(C)cc(CNCC(C(C)C)N(C)C)c1C. The van der Waals surface area contributed by atoms with Crippen molar-refractivity contribution in [3.05, 3.63) is 23.0 Å². The van der Waals surface area contributed by atoms with Gasteiger partial charge in [0.25, 0.3) is 0 Å². The lowest BCUT2D eigenvalue weighted by atomic mass is 10.0. The molecule has 1 unspecified atom stereocenters. The lowest BCUT2D eigenvalue weighted by molar-refractivity contribution is 0.224. The highest BCUT2D eigenvalue weighted by atomic mass is 15.1. The highest BCUT2D eigenvalue weighted by molar-refractivity contribution is 5.26. The van der Waals surface area contributed by atoms with Crippen LogP contribution in [0.25, 0.3) is 0 Å². The minimum Gasteiger partial charge on any atom is -0.349 e. The van der Waals surface area contributed by atoms with Crippen LogP contribution in [0.5, 0.6) is 0 Å². The van der Waals surface area contributed by atoms with Crippen LogP contribution in [0.15, 0.2) is 6.07 Å². The largest absolute Gasteiger partial charge is 0.349 e. The van der Waals surface area contributed by atoms with Gasteiger partial charge in [-0.05, 0) is 52.4 Å². The first-order valence-electron chi connectivity index (χ1n) is 7.41. The van der Waals surface area contributed by atoms with Crippen molar-refractivity contribution in [3.8, 4) is 0 Å². The Bertz CT molecular complexity index is 383. The topological polar surface area (TPSA) is 20.2 Å². The van der Waals surface area contributed by atoms with Crippen LogP contribution in [0.3, 0.4) is 0 Å². The van der Waals surface area contributed by atoms with Crippen LogP contribution in [0.2, 0.25) is 0 Å². The number of aromatic nitrogens is 1. The zero-order chi connectivity index (χ0) is 14.6. The first-order chi connectivity index (χ1) is 8.88. The average Bonchev–Trinajstić information content (AvgIpc) is 2.58. The summed E-state index contributed by atoms with van der Waals surface area (Å²) in [6.07, 6.45) is 0. The quantitative estimate of drug-likeness (QED) is 0.818. The molecule has 0 radical (unpaired) electrons. The molecule has 1 N–H and O–H groups in total. The molecule has 0 aliphatic rings. The fourth-order valence-corrected chi connectivity index (χ4v) is 2.91. The van der Waals surface area contributed by atoms with E-state index >= 15 is 0 Å². The van der Waals surface area contributed by atoms with Crippen molar-refractivity contribution in [1.29, 1.82) is 0 Å². The molecule has 0 spiro atoms. The summed E-state index contributed by atoms with van der Waals surface area (Å²) in [5, 5.41) is 3.61. The van der Waals surface area contributed by atoms with Gasteiger partial charge in [0, 0.05) is 37.1 Å². The highest BCUT2D eigenvalue weighted by Gasteiger charge is 2.15. The van der Waals surface area contributed by atoms with Crippen molar-refractivity contribution >= 4 is 0 Å². The van der Waals surface area contributed by atoms with Crippen LogP contribution < -0.4 is 5.32 Å². The van der Waals surface area contributed by atoms with Crippen LogP contribution in [0.1, 0.15) is 37.7 Å². The number of hydrogen-bond donors (Lipinski definition) is 1. The molecule has 1 aromatic rings. The van der Waals surface area contributed by atoms with Crippen molar-refractivity contribution in [1.82, 2.24) is 14.8 Å². The molecule has 0 saturated carbocycles. The molecular weight excluding hydrogens is 234 g/mol. The minimum atomic E-state index is 0.592. The van der Waals surface area contributed by atoms with Gasteiger partial charge in [0.1, 0.15) is 0 Å². The van der Waals surface area contributed by atoms with Crippen LogP contribution in [0, 0.1) is 19.8 Å². The van der Waals surface area contributed by atoms with Crippen molar-refractivity contribution < 1.29 is 0 Å². The molecule has 0 bridgehead atoms. The lowest BCUT2D eigenvalue weighted by Gasteiger charge is -2.28. The van der Waals surface area contributed by atoms with E-state index < -0.39 is 0 Å². The predicted molar refractivity (Wildman–Crippen MR) is 83.6 cm³/mol. The van der Waals surface area contributed by atoms with E-state index in [1.165, 1.54) is 17.0 Å². The summed E-state index contributed by atoms with van der Waals surface area (Å²) in [5.41, 5.74) is 4.20. The summed E-state index contributed by atoms with van der Waals surface area (Å²) in [4.78, 5) is 2.31. The predicted octanol–water partition coefficient (Wildman–Crippen LogP) is 2.80. The molecule has 0 aliphatic carbocycles. The van der Waals surface area contributed by atoms with Gasteiger partial charge in [-0.2, -0.15) is 0 Å². The molecule has 0 aliphatic heterocycles. The Labute approximate surface area is 119 Å². The first kappa shape index (κ1) is 16.3. The number of nitrogens with zero attached hydrogens (tertiary/aromatic N) is 2. The second-order valence-electron chi connectivity index (χ2n) is 6.05. The Morgan fingerprint density at radius 3 is 2.32 bits per heavy atom. The molecule has 1 aromatic heterocycles. The van der Waals surface area contributed by atoms with E-state index in [1.807, 2.05) is 0 Å². The Morgan fingerprint density at radius 2 is 1.89 bits per heavy atom. The third kappa shape index (κ3) is 4.08. The second kappa shape index (κ2) is 7.11. The molecular formula is C16H31N3. The van der Waals surface area contributed by atoms with Gasteiger partial charge in [0.15, 0.2) is 0 Å². The fourth-order valence-electron chi connectivity index (χ4n) is 2.91. The number of rotatable bonds is 7. The maximum absolute atomic E-state index is 3.61. The summed E-state index contributed by atoms with van der Waals surface area (Å²) >= 11 is 0. The molecule has 0 aromatic carbocycles. The summed E-state index contributed by atoms with van der Waals surface area (Å²) in [7, 11) is 4.32. The van der Waals surface area contributed by atoms with Crippen LogP contribution >= 0.6 is 0 Å². The van der Waals surface area contributed by atoms with E-state index in [-0.39, 0.29) is 0 Å². The van der Waals surface area contributed by atoms with Gasteiger partial charge < -0.3 is 14.8 Å². The third-order valence-electron chi connectivity index (χ3n) is 4.10. The molecule has 3 heteroatoms. The van der Waals surface area contributed by atoms with Crippen LogP contribution in [-0.4, -0.2) is 36.1 Å². The van der Waals surface area contributed by atoms with Gasteiger partial charge in [-0.3, -0.25) is 0 Å². The van der Waals surface area contributed by atoms with E-state index in [9.17, 15) is 0 Å². The zero-order valence-electron chi connectivity index (χ0n) is 13.7. The van der Waals surface area contributed by atoms with Crippen LogP contribution in [0.4, 0.5) is 0 Å². The molecule has 0 fully saturated rings. The summed E-state index contributed by atoms with van der Waals surface area (Å²) in [5.74, 6) is 0.672. The number of hydrogen-bond acceptors (Lipinski definition) is 2. The smallest absolute Gasteiger partial charge is 0.0237 e. The van der Waals surface area contributed by atoms with Crippen molar-refractivity contribution in [2.24, 2.45) is 5.92 Å². The maximum Gasteiger partial charge on any atom is 0.0237 e. The Balaban J connectivity index is 2.58. The van der Waals surface area contributed by atoms with Gasteiger partial charge in [-0.1, -0.05) is 13.8 Å². The lowest BCUT2D eigenvalue weighted by Crippen LogP contribution is -2.41. The van der Waals surface area contributed by atoms with E-state index in [1.54, 1.807) is 0 Å². The summed E-state index contributed by atoms with van der Waals surface area (Å²) in [6, 6.07) is 2.90. The fraction of sp³-hybridized carbons (Fsp3) is 0.750. The minimum absolute atomic E-state index is 0.592. The maximum atomic E-state index is 3.61. The Kier molecular flexibility index (Phi) is 6.08. The molecule has 1 atom stereocenters. The van der Waals surface area contributed by atoms with E-state index in [2.05, 4.69) is 69.6 Å². The van der Waals surface area contributed by atoms with Crippen molar-refractivity contribution in [3.63, 3.8) is 0 Å². The van der Waals surface area contributed by atoms with Gasteiger partial charge in [0.2, 0.25) is 0 Å². The third-order valence-corrected chi connectivity index (χ3v) is 4.10. The van der Waals surface area contributed by atoms with Crippen LogP contribution in [-0.2, 0) is 13.1 Å². The first-order valence-corrected chi connectivity index (χ1v) is 7.41. The van der Waals surface area contributed by atoms with Crippen molar-refractivity contribution in [2.75, 3.05) is 20.6 Å². The van der Waals surface area contributed by atoms with Gasteiger partial charge in [-0.15, -0.1) is 0 Å². The van der Waals surface area contributed by atoms with E-state index in [0.29, 0.717) is 12.0 Å². The molecule has 1 heterocycles. The Morgan fingerprint density at radius 1 is 1.26 bits per heavy atom. The zero-order valence-corrected chi connectivity index (χ0v) is 13.7. The summed E-state index contributed by atoms with van der Waals surface area (Å²) in [6.45, 7) is 14.3. The number of likely N-dealkylation sites (N-methyl/N-ethyl adjacent to an activating group) is 1. The number of nitrogens with one attached hydrogen (secondary N) is 1. The standard InChI is InChI=1S/C16H31N3/c1-8-19-13(4)9-15(14(19)5)10-17-11-16(12(2)3)18(6)7/h9,12,16-17H,8,10-11H2,1-7H3. The normalized spacial score (nSPS) is 13.5. The van der Waals surface area contributed by atoms with Gasteiger partial charge in [0.05, 0.1) is 0 Å². The molecule has 3 nitrogen and oxygen atoms in total. The van der Waals surface area contributed by atoms with Gasteiger partial charge >= 0.3 is 0 Å². The highest BCUT2D eigenvalue weighted by Crippen LogP contribution is 2.15.